The van der Waals surface area contributed by atoms with Crippen molar-refractivity contribution >= 4 is 34.6 Å². The van der Waals surface area contributed by atoms with Crippen molar-refractivity contribution in [2.75, 3.05) is 13.2 Å². The lowest BCUT2D eigenvalue weighted by atomic mass is 9.90. The molecule has 49 heavy (non-hydrogen) atoms. The van der Waals surface area contributed by atoms with E-state index < -0.39 is 36.9 Å². The largest absolute Gasteiger partial charge is 0.493 e. The Balaban J connectivity index is 1.37. The van der Waals surface area contributed by atoms with Gasteiger partial charge in [-0.15, -0.1) is 9.24 Å². The lowest BCUT2D eigenvalue weighted by Gasteiger charge is -2.25. The van der Waals surface area contributed by atoms with Crippen LogP contribution in [0.3, 0.4) is 0 Å². The summed E-state index contributed by atoms with van der Waals surface area (Å²) in [6, 6.07) is 17.6. The number of carbonyl (C=O) groups excluding carboxylic acids is 3. The molecule has 1 heterocycles. The van der Waals surface area contributed by atoms with Crippen molar-refractivity contribution in [1.29, 1.82) is 0 Å². The number of fused-ring (bicyclic) bond motifs is 1. The second-order valence-electron chi connectivity index (χ2n) is 12.9. The average Bonchev–Trinajstić information content (AvgIpc) is 3.28. The molecule has 11 nitrogen and oxygen atoms in total. The van der Waals surface area contributed by atoms with Gasteiger partial charge in [0.05, 0.1) is 36.6 Å². The van der Waals surface area contributed by atoms with Gasteiger partial charge >= 0.3 is 7.60 Å². The molecule has 0 radical (unpaired) electrons. The minimum absolute atomic E-state index is 0.0757. The van der Waals surface area contributed by atoms with Crippen LogP contribution in [0, 0.1) is 5.92 Å². The van der Waals surface area contributed by atoms with Gasteiger partial charge in [-0.1, -0.05) is 73.9 Å². The van der Waals surface area contributed by atoms with Gasteiger partial charge < -0.3 is 35.6 Å². The third-order valence-electron chi connectivity index (χ3n) is 9.15. The number of primary amides is 1. The number of rotatable bonds is 13. The van der Waals surface area contributed by atoms with Crippen LogP contribution in [0.15, 0.2) is 66.7 Å². The second-order valence-corrected chi connectivity index (χ2v) is 15.8. The van der Waals surface area contributed by atoms with Crippen molar-refractivity contribution in [1.82, 2.24) is 10.6 Å². The second kappa shape index (κ2) is 16.8. The van der Waals surface area contributed by atoms with E-state index in [0.29, 0.717) is 60.2 Å². The van der Waals surface area contributed by atoms with Gasteiger partial charge in [0, 0.05) is 18.1 Å². The van der Waals surface area contributed by atoms with Crippen molar-refractivity contribution in [3.8, 4) is 11.5 Å². The zero-order chi connectivity index (χ0) is 35.0. The van der Waals surface area contributed by atoms with Crippen LogP contribution in [0.4, 0.5) is 0 Å². The normalized spacial score (nSPS) is 17.8. The molecule has 0 bridgehead atoms. The average molecular weight is 710 g/mol. The molecule has 3 amide bonds. The summed E-state index contributed by atoms with van der Waals surface area (Å²) >= 11 is 0. The van der Waals surface area contributed by atoms with Gasteiger partial charge in [-0.3, -0.25) is 18.9 Å². The molecule has 1 saturated carbocycles. The molecule has 3 aromatic carbocycles. The van der Waals surface area contributed by atoms with Crippen LogP contribution in [0.25, 0.3) is 0 Å². The topological polar surface area (TPSA) is 177 Å². The predicted octanol–water partition coefficient (Wildman–Crippen LogP) is 5.10. The fraction of sp³-hybridized carbons (Fsp3) is 0.417. The van der Waals surface area contributed by atoms with E-state index in [2.05, 4.69) is 19.9 Å². The maximum absolute atomic E-state index is 14.0. The van der Waals surface area contributed by atoms with E-state index in [1.54, 1.807) is 36.4 Å². The Kier molecular flexibility index (Phi) is 12.5. The highest BCUT2D eigenvalue weighted by Crippen LogP contribution is 2.55. The van der Waals surface area contributed by atoms with E-state index in [4.69, 9.17) is 15.2 Å². The lowest BCUT2D eigenvalue weighted by Crippen LogP contribution is -2.49. The summed E-state index contributed by atoms with van der Waals surface area (Å²) in [6.07, 6.45) is 7.08. The lowest BCUT2D eigenvalue weighted by molar-refractivity contribution is -0.129. The van der Waals surface area contributed by atoms with Crippen LogP contribution < -0.4 is 25.8 Å². The molecule has 0 aromatic heterocycles. The van der Waals surface area contributed by atoms with Crippen LogP contribution in [0.2, 0.25) is 0 Å². The highest BCUT2D eigenvalue weighted by atomic mass is 31.2. The summed E-state index contributed by atoms with van der Waals surface area (Å²) in [4.78, 5) is 59.0. The first kappa shape index (κ1) is 36.5. The summed E-state index contributed by atoms with van der Waals surface area (Å²) in [5.41, 5.74) is 8.54. The van der Waals surface area contributed by atoms with E-state index in [1.165, 1.54) is 19.3 Å². The standard InChI is InChI=1S/C36H45N3O8P2/c37-34(41)28-20-27-29(12-7-17-46-31(27)21-32(28)47-22-25-10-5-2-6-11-25)39-35(42)30(38-33(40)19-23-8-3-1-4-9-23)18-24-13-15-26(16-14-24)36(48)49(43,44)45/h1,3-4,8-9,13-16,20-21,25,29-30,36H,2,5-7,10-12,17-19,22,48H2,(H2,37,41)(H,38,40)(H,39,42)(H2,43,44,45)/t29?,30-,36?/m0/s1. The number of amides is 3. The molecule has 1 aliphatic heterocycles. The van der Waals surface area contributed by atoms with Gasteiger partial charge in [-0.05, 0) is 54.4 Å². The van der Waals surface area contributed by atoms with E-state index in [1.807, 2.05) is 30.3 Å². The highest BCUT2D eigenvalue weighted by Gasteiger charge is 2.30. The number of nitrogens with two attached hydrogens (primary N) is 1. The zero-order valence-electron chi connectivity index (χ0n) is 27.4. The van der Waals surface area contributed by atoms with Gasteiger partial charge in [0.1, 0.15) is 17.5 Å². The van der Waals surface area contributed by atoms with Gasteiger partial charge in [0.2, 0.25) is 11.8 Å². The molecule has 2 aliphatic rings. The van der Waals surface area contributed by atoms with Crippen LogP contribution >= 0.6 is 16.8 Å². The summed E-state index contributed by atoms with van der Waals surface area (Å²) in [5, 5.41) is 4.91. The van der Waals surface area contributed by atoms with Crippen molar-refractivity contribution in [3.05, 3.63) is 94.5 Å². The van der Waals surface area contributed by atoms with Crippen molar-refractivity contribution in [2.45, 2.75) is 75.3 Å². The minimum atomic E-state index is -4.37. The molecule has 1 fully saturated rings. The fourth-order valence-electron chi connectivity index (χ4n) is 6.41. The molecule has 0 spiro atoms. The van der Waals surface area contributed by atoms with Crippen LogP contribution in [0.1, 0.15) is 89.0 Å². The van der Waals surface area contributed by atoms with E-state index >= 15 is 0 Å². The third-order valence-corrected chi connectivity index (χ3v) is 11.7. The molecular formula is C36H45N3O8P2. The third kappa shape index (κ3) is 10.1. The molecule has 6 N–H and O–H groups in total. The van der Waals surface area contributed by atoms with E-state index in [-0.39, 0.29) is 24.3 Å². The van der Waals surface area contributed by atoms with Crippen LogP contribution in [-0.2, 0) is 27.0 Å². The predicted molar refractivity (Wildman–Crippen MR) is 189 cm³/mol. The first-order valence-electron chi connectivity index (χ1n) is 16.7. The minimum Gasteiger partial charge on any atom is -0.493 e. The molecular weight excluding hydrogens is 664 g/mol. The first-order chi connectivity index (χ1) is 23.5. The Morgan fingerprint density at radius 2 is 1.67 bits per heavy atom. The van der Waals surface area contributed by atoms with Gasteiger partial charge in [-0.2, -0.15) is 0 Å². The highest BCUT2D eigenvalue weighted by molar-refractivity contribution is 7.60. The molecule has 262 valence electrons. The Labute approximate surface area is 289 Å². The van der Waals surface area contributed by atoms with Crippen molar-refractivity contribution < 1.29 is 38.2 Å². The molecule has 3 aromatic rings. The van der Waals surface area contributed by atoms with E-state index in [9.17, 15) is 28.7 Å². The monoisotopic (exact) mass is 709 g/mol. The fourth-order valence-corrected chi connectivity index (χ4v) is 7.20. The summed E-state index contributed by atoms with van der Waals surface area (Å²) in [7, 11) is -2.20. The number of hydrogen-bond donors (Lipinski definition) is 5. The SMILES string of the molecule is NC(=O)c1cc2c(cc1OCC1CCCCC1)OCCCC2NC(=O)[C@H](Cc1ccc(C(P)P(=O)(O)O)cc1)NC(=O)Cc1ccccc1. The maximum Gasteiger partial charge on any atom is 0.336 e. The molecule has 5 rings (SSSR count). The Bertz CT molecular complexity index is 1660. The quantitative estimate of drug-likeness (QED) is 0.152. The number of hydrogen-bond acceptors (Lipinski definition) is 6. The number of benzene rings is 3. The van der Waals surface area contributed by atoms with Gasteiger partial charge in [0.25, 0.3) is 5.91 Å². The van der Waals surface area contributed by atoms with E-state index in [0.717, 1.165) is 18.4 Å². The number of nitrogens with one attached hydrogen (secondary N) is 2. The summed E-state index contributed by atoms with van der Waals surface area (Å²) in [5.74, 6) is -0.124. The molecule has 1 aliphatic carbocycles. The smallest absolute Gasteiger partial charge is 0.336 e. The Hall–Kier alpha value is -3.75. The molecule has 3 unspecified atom stereocenters. The van der Waals surface area contributed by atoms with Crippen molar-refractivity contribution in [2.24, 2.45) is 11.7 Å². The zero-order valence-corrected chi connectivity index (χ0v) is 29.4. The Morgan fingerprint density at radius 3 is 2.35 bits per heavy atom. The molecule has 4 atom stereocenters. The Morgan fingerprint density at radius 1 is 0.959 bits per heavy atom. The molecule has 13 heteroatoms. The van der Waals surface area contributed by atoms with Gasteiger partial charge in [-0.25, -0.2) is 0 Å². The first-order valence-corrected chi connectivity index (χ1v) is 19.1. The molecule has 0 saturated heterocycles. The number of ether oxygens (including phenoxy) is 2. The van der Waals surface area contributed by atoms with Gasteiger partial charge in [0.15, 0.2) is 0 Å². The number of carbonyl (C=O) groups is 3. The van der Waals surface area contributed by atoms with Crippen molar-refractivity contribution in [3.63, 3.8) is 0 Å². The van der Waals surface area contributed by atoms with Crippen LogP contribution in [0.5, 0.6) is 11.5 Å². The summed E-state index contributed by atoms with van der Waals surface area (Å²) < 4.78 is 24.0. The maximum atomic E-state index is 14.0. The summed E-state index contributed by atoms with van der Waals surface area (Å²) in [6.45, 7) is 0.897. The van der Waals surface area contributed by atoms with Crippen LogP contribution in [-0.4, -0.2) is 46.8 Å².